The molecule has 1 amide bonds. The van der Waals surface area contributed by atoms with E-state index in [1.54, 1.807) is 24.3 Å². The Bertz CT molecular complexity index is 513. The average Bonchev–Trinajstić information content (AvgIpc) is 2.94. The smallest absolute Gasteiger partial charge is 0.253 e. The molecule has 1 fully saturated rings. The number of anilines is 1. The third-order valence-corrected chi connectivity index (χ3v) is 3.07. The van der Waals surface area contributed by atoms with Crippen molar-refractivity contribution in [3.8, 4) is 11.8 Å². The van der Waals surface area contributed by atoms with Crippen LogP contribution in [0.4, 0.5) is 5.69 Å². The van der Waals surface area contributed by atoms with Crippen LogP contribution < -0.4 is 15.8 Å². The number of rotatable bonds is 5. The van der Waals surface area contributed by atoms with Gasteiger partial charge >= 0.3 is 0 Å². The minimum atomic E-state index is -0.452. The molecule has 1 saturated heterocycles. The van der Waals surface area contributed by atoms with Gasteiger partial charge in [0.1, 0.15) is 17.9 Å². The van der Waals surface area contributed by atoms with Crippen LogP contribution in [0.3, 0.4) is 0 Å². The molecule has 1 aromatic carbocycles. The summed E-state index contributed by atoms with van der Waals surface area (Å²) < 4.78 is 10.7. The van der Waals surface area contributed by atoms with Crippen LogP contribution in [-0.2, 0) is 9.53 Å². The summed E-state index contributed by atoms with van der Waals surface area (Å²) in [5.41, 5.74) is 6.13. The van der Waals surface area contributed by atoms with Crippen molar-refractivity contribution in [3.05, 3.63) is 24.3 Å². The van der Waals surface area contributed by atoms with Crippen LogP contribution in [0.1, 0.15) is 12.8 Å². The van der Waals surface area contributed by atoms with Gasteiger partial charge in [0.05, 0.1) is 6.10 Å². The van der Waals surface area contributed by atoms with Crippen molar-refractivity contribution in [2.75, 3.05) is 18.5 Å². The molecule has 0 aromatic heterocycles. The van der Waals surface area contributed by atoms with Crippen molar-refractivity contribution >= 4 is 11.6 Å². The second kappa shape index (κ2) is 6.89. The van der Waals surface area contributed by atoms with E-state index in [0.29, 0.717) is 24.4 Å². The number of nitrogens with two attached hydrogens (primary N) is 1. The van der Waals surface area contributed by atoms with Gasteiger partial charge in [0.25, 0.3) is 5.91 Å². The van der Waals surface area contributed by atoms with Gasteiger partial charge < -0.3 is 20.5 Å². The maximum absolute atomic E-state index is 12.0. The van der Waals surface area contributed by atoms with Gasteiger partial charge in [-0.3, -0.25) is 4.79 Å². The molecule has 2 unspecified atom stereocenters. The Balaban J connectivity index is 1.93. The quantitative estimate of drug-likeness (QED) is 0.836. The molecular weight excluding hydrogens is 258 g/mol. The first-order valence-electron chi connectivity index (χ1n) is 6.49. The van der Waals surface area contributed by atoms with Gasteiger partial charge in [0.15, 0.2) is 6.61 Å². The van der Waals surface area contributed by atoms with Crippen molar-refractivity contribution in [2.45, 2.75) is 25.0 Å². The van der Waals surface area contributed by atoms with E-state index < -0.39 is 6.10 Å². The molecule has 0 spiro atoms. The molecule has 0 saturated carbocycles. The van der Waals surface area contributed by atoms with Gasteiger partial charge in [-0.1, -0.05) is 6.07 Å². The number of benzene rings is 1. The summed E-state index contributed by atoms with van der Waals surface area (Å²) in [5.74, 6) is 0.356. The molecule has 1 aliphatic heterocycles. The van der Waals surface area contributed by atoms with Crippen LogP contribution in [0.2, 0.25) is 0 Å². The Morgan fingerprint density at radius 3 is 3.10 bits per heavy atom. The number of ether oxygens (including phenoxy) is 2. The first kappa shape index (κ1) is 14.3. The fourth-order valence-corrected chi connectivity index (χ4v) is 2.07. The predicted molar refractivity (Wildman–Crippen MR) is 73.1 cm³/mol. The van der Waals surface area contributed by atoms with Crippen molar-refractivity contribution in [1.29, 1.82) is 5.26 Å². The normalized spacial score (nSPS) is 21.2. The van der Waals surface area contributed by atoms with E-state index in [4.69, 9.17) is 20.5 Å². The van der Waals surface area contributed by atoms with E-state index in [1.165, 1.54) is 0 Å². The Kier molecular flexibility index (Phi) is 4.93. The molecule has 1 heterocycles. The SMILES string of the molecule is N#CCOc1cccc(NC(=O)C2CCC(CN)O2)c1. The van der Waals surface area contributed by atoms with Crippen molar-refractivity contribution in [2.24, 2.45) is 5.73 Å². The second-order valence-electron chi connectivity index (χ2n) is 4.52. The lowest BCUT2D eigenvalue weighted by Crippen LogP contribution is -2.29. The molecule has 1 aromatic rings. The minimum Gasteiger partial charge on any atom is -0.479 e. The maximum atomic E-state index is 12.0. The Labute approximate surface area is 117 Å². The fourth-order valence-electron chi connectivity index (χ4n) is 2.07. The minimum absolute atomic E-state index is 0.0265. The zero-order valence-corrected chi connectivity index (χ0v) is 11.0. The molecular formula is C14H17N3O3. The number of nitrogens with zero attached hydrogens (tertiary/aromatic N) is 1. The summed E-state index contributed by atoms with van der Waals surface area (Å²) in [6, 6.07) is 8.79. The first-order chi connectivity index (χ1) is 9.72. The lowest BCUT2D eigenvalue weighted by Gasteiger charge is -2.13. The predicted octanol–water partition coefficient (Wildman–Crippen LogP) is 1.03. The standard InChI is InChI=1S/C14H17N3O3/c15-6-7-19-11-3-1-2-10(8-11)17-14(18)13-5-4-12(9-16)20-13/h1-3,8,12-13H,4-5,7,9,16H2,(H,17,18). The van der Waals surface area contributed by atoms with Crippen LogP contribution in [0.25, 0.3) is 0 Å². The fraction of sp³-hybridized carbons (Fsp3) is 0.429. The topological polar surface area (TPSA) is 97.4 Å². The van der Waals surface area contributed by atoms with Gasteiger partial charge in [-0.15, -0.1) is 0 Å². The number of hydrogen-bond donors (Lipinski definition) is 2. The highest BCUT2D eigenvalue weighted by Gasteiger charge is 2.29. The van der Waals surface area contributed by atoms with Gasteiger partial charge in [0, 0.05) is 18.3 Å². The third-order valence-electron chi connectivity index (χ3n) is 3.07. The Morgan fingerprint density at radius 2 is 2.40 bits per heavy atom. The summed E-state index contributed by atoms with van der Waals surface area (Å²) >= 11 is 0. The highest BCUT2D eigenvalue weighted by atomic mass is 16.5. The summed E-state index contributed by atoms with van der Waals surface area (Å²) in [6.07, 6.45) is 1.00. The molecule has 6 heteroatoms. The van der Waals surface area contributed by atoms with Gasteiger partial charge in [-0.2, -0.15) is 5.26 Å². The van der Waals surface area contributed by atoms with E-state index >= 15 is 0 Å². The summed E-state index contributed by atoms with van der Waals surface area (Å²) in [6.45, 7) is 0.405. The van der Waals surface area contributed by atoms with Crippen LogP contribution in [0.15, 0.2) is 24.3 Å². The van der Waals surface area contributed by atoms with Gasteiger partial charge in [-0.05, 0) is 25.0 Å². The highest BCUT2D eigenvalue weighted by Crippen LogP contribution is 2.22. The van der Waals surface area contributed by atoms with Crippen molar-refractivity contribution < 1.29 is 14.3 Å². The zero-order chi connectivity index (χ0) is 14.4. The molecule has 1 aliphatic rings. The summed E-state index contributed by atoms with van der Waals surface area (Å²) in [7, 11) is 0. The number of nitrogens with one attached hydrogen (secondary N) is 1. The summed E-state index contributed by atoms with van der Waals surface area (Å²) in [4.78, 5) is 12.0. The third kappa shape index (κ3) is 3.70. The van der Waals surface area contributed by atoms with E-state index in [2.05, 4.69) is 5.32 Å². The zero-order valence-electron chi connectivity index (χ0n) is 11.0. The molecule has 6 nitrogen and oxygen atoms in total. The van der Waals surface area contributed by atoms with E-state index in [-0.39, 0.29) is 18.6 Å². The van der Waals surface area contributed by atoms with Crippen molar-refractivity contribution in [3.63, 3.8) is 0 Å². The van der Waals surface area contributed by atoms with Crippen LogP contribution in [-0.4, -0.2) is 31.3 Å². The molecule has 2 atom stereocenters. The monoisotopic (exact) mass is 275 g/mol. The van der Waals surface area contributed by atoms with Crippen LogP contribution in [0.5, 0.6) is 5.75 Å². The summed E-state index contributed by atoms with van der Waals surface area (Å²) in [5, 5.41) is 11.2. The van der Waals surface area contributed by atoms with Gasteiger partial charge in [0.2, 0.25) is 0 Å². The molecule has 0 radical (unpaired) electrons. The van der Waals surface area contributed by atoms with E-state index in [0.717, 1.165) is 6.42 Å². The van der Waals surface area contributed by atoms with E-state index in [1.807, 2.05) is 6.07 Å². The Morgan fingerprint density at radius 1 is 1.55 bits per heavy atom. The molecule has 106 valence electrons. The largest absolute Gasteiger partial charge is 0.479 e. The molecule has 0 aliphatic carbocycles. The number of amides is 1. The average molecular weight is 275 g/mol. The number of carbonyl (C=O) groups excluding carboxylic acids is 1. The second-order valence-corrected chi connectivity index (χ2v) is 4.52. The van der Waals surface area contributed by atoms with Gasteiger partial charge in [-0.25, -0.2) is 0 Å². The van der Waals surface area contributed by atoms with Crippen LogP contribution >= 0.6 is 0 Å². The van der Waals surface area contributed by atoms with Crippen LogP contribution in [0, 0.1) is 11.3 Å². The van der Waals surface area contributed by atoms with E-state index in [9.17, 15) is 4.79 Å². The molecule has 2 rings (SSSR count). The number of nitriles is 1. The number of hydrogen-bond acceptors (Lipinski definition) is 5. The highest BCUT2D eigenvalue weighted by molar-refractivity contribution is 5.94. The molecule has 20 heavy (non-hydrogen) atoms. The first-order valence-corrected chi connectivity index (χ1v) is 6.49. The van der Waals surface area contributed by atoms with Crippen molar-refractivity contribution in [1.82, 2.24) is 0 Å². The number of carbonyl (C=O) groups is 1. The molecule has 0 bridgehead atoms. The lowest BCUT2D eigenvalue weighted by atomic mass is 10.2. The molecule has 3 N–H and O–H groups in total. The lowest BCUT2D eigenvalue weighted by molar-refractivity contribution is -0.126. The Hall–Kier alpha value is -2.10. The maximum Gasteiger partial charge on any atom is 0.253 e.